The maximum Gasteiger partial charge on any atom is 0.242 e. The number of fused-ring (bicyclic) bond motifs is 1. The monoisotopic (exact) mass is 162 g/mol. The molecule has 0 atom stereocenters. The van der Waals surface area contributed by atoms with E-state index >= 15 is 0 Å². The summed E-state index contributed by atoms with van der Waals surface area (Å²) in [5, 5.41) is 11.1. The van der Waals surface area contributed by atoms with Crippen molar-refractivity contribution in [1.82, 2.24) is 0 Å². The molecule has 12 heavy (non-hydrogen) atoms. The Morgan fingerprint density at radius 2 is 2.17 bits per heavy atom. The molecular formula is C9H10N2O. The molecule has 0 unspecified atom stereocenters. The van der Waals surface area contributed by atoms with Gasteiger partial charge in [-0.25, -0.2) is 4.90 Å². The molecule has 0 amide bonds. The van der Waals surface area contributed by atoms with Gasteiger partial charge in [0, 0.05) is 5.56 Å². The summed E-state index contributed by atoms with van der Waals surface area (Å²) in [6, 6.07) is 7.91. The van der Waals surface area contributed by atoms with Crippen LogP contribution in [0.4, 0.5) is 5.69 Å². The van der Waals surface area contributed by atoms with Gasteiger partial charge in [0.1, 0.15) is 12.2 Å². The minimum Gasteiger partial charge on any atom is -0.715 e. The van der Waals surface area contributed by atoms with Gasteiger partial charge in [0.05, 0.1) is 7.05 Å². The van der Waals surface area contributed by atoms with E-state index in [-0.39, 0.29) is 0 Å². The summed E-state index contributed by atoms with van der Waals surface area (Å²) < 4.78 is 0.933. The minimum absolute atomic E-state index is 0.459. The molecule has 0 saturated carbocycles. The molecule has 0 aromatic heterocycles. The summed E-state index contributed by atoms with van der Waals surface area (Å²) >= 11 is 0. The van der Waals surface area contributed by atoms with E-state index in [1.165, 1.54) is 0 Å². The van der Waals surface area contributed by atoms with E-state index in [1.807, 2.05) is 36.2 Å². The smallest absolute Gasteiger partial charge is 0.242 e. The highest BCUT2D eigenvalue weighted by Gasteiger charge is 2.15. The first kappa shape index (κ1) is 7.16. The Balaban J connectivity index is 2.48. The second-order valence-corrected chi connectivity index (χ2v) is 2.93. The number of nitrogens with zero attached hydrogens (tertiary/aromatic N) is 2. The van der Waals surface area contributed by atoms with E-state index in [0.717, 1.165) is 16.0 Å². The first-order valence-corrected chi connectivity index (χ1v) is 3.87. The van der Waals surface area contributed by atoms with Crippen LogP contribution in [0.25, 0.3) is 0 Å². The third-order valence-electron chi connectivity index (χ3n) is 2.00. The number of anilines is 1. The normalized spacial score (nSPS) is 15.4. The van der Waals surface area contributed by atoms with Gasteiger partial charge in [-0.3, -0.25) is 4.74 Å². The van der Waals surface area contributed by atoms with Crippen molar-refractivity contribution in [3.05, 3.63) is 35.0 Å². The van der Waals surface area contributed by atoms with Gasteiger partial charge in [-0.1, -0.05) is 18.2 Å². The highest BCUT2D eigenvalue weighted by molar-refractivity contribution is 5.78. The van der Waals surface area contributed by atoms with Crippen molar-refractivity contribution in [1.29, 1.82) is 0 Å². The summed E-state index contributed by atoms with van der Waals surface area (Å²) in [4.78, 5) is 1.84. The maximum absolute atomic E-state index is 11.1. The summed E-state index contributed by atoms with van der Waals surface area (Å²) in [6.45, 7) is 0.459. The van der Waals surface area contributed by atoms with Crippen LogP contribution in [-0.4, -0.2) is 18.1 Å². The van der Waals surface area contributed by atoms with E-state index in [9.17, 15) is 5.21 Å². The molecule has 1 aliphatic rings. The minimum atomic E-state index is 0.459. The number of hydrogen-bond acceptors (Lipinski definition) is 2. The highest BCUT2D eigenvalue weighted by Crippen LogP contribution is 2.21. The number of rotatable bonds is 0. The Bertz CT molecular complexity index is 333. The van der Waals surface area contributed by atoms with Crippen molar-refractivity contribution < 1.29 is 4.74 Å². The average Bonchev–Trinajstić information content (AvgIpc) is 2.04. The van der Waals surface area contributed by atoms with Crippen molar-refractivity contribution in [3.63, 3.8) is 0 Å². The fourth-order valence-corrected chi connectivity index (χ4v) is 1.45. The highest BCUT2D eigenvalue weighted by atomic mass is 16.5. The number of hydroxylamine groups is 1. The van der Waals surface area contributed by atoms with E-state index in [4.69, 9.17) is 0 Å². The molecule has 3 nitrogen and oxygen atoms in total. The number of benzene rings is 1. The summed E-state index contributed by atoms with van der Waals surface area (Å²) in [5.74, 6) is 0. The van der Waals surface area contributed by atoms with E-state index in [1.54, 1.807) is 6.34 Å². The van der Waals surface area contributed by atoms with Crippen LogP contribution in [0.15, 0.2) is 24.3 Å². The first-order valence-electron chi connectivity index (χ1n) is 3.87. The van der Waals surface area contributed by atoms with Crippen molar-refractivity contribution >= 4 is 12.0 Å². The van der Waals surface area contributed by atoms with Gasteiger partial charge < -0.3 is 5.21 Å². The molecule has 0 N–H and O–H groups in total. The molecule has 0 saturated heterocycles. The molecule has 1 aromatic carbocycles. The van der Waals surface area contributed by atoms with Crippen LogP contribution in [-0.2, 0) is 6.54 Å². The van der Waals surface area contributed by atoms with Crippen LogP contribution < -0.4 is 4.90 Å². The van der Waals surface area contributed by atoms with Gasteiger partial charge in [0.15, 0.2) is 0 Å². The first-order chi connectivity index (χ1) is 5.77. The number of hydrogen-bond donors (Lipinski definition) is 0. The summed E-state index contributed by atoms with van der Waals surface area (Å²) in [6.07, 6.45) is 1.56. The van der Waals surface area contributed by atoms with Crippen LogP contribution >= 0.6 is 0 Å². The quantitative estimate of drug-likeness (QED) is 0.423. The van der Waals surface area contributed by atoms with Gasteiger partial charge in [0.2, 0.25) is 6.34 Å². The maximum atomic E-state index is 11.1. The molecule has 0 radical (unpaired) electrons. The van der Waals surface area contributed by atoms with E-state index < -0.39 is 0 Å². The van der Waals surface area contributed by atoms with Gasteiger partial charge in [-0.05, 0) is 6.07 Å². The molecular weight excluding hydrogens is 152 g/mol. The molecule has 0 bridgehead atoms. The largest absolute Gasteiger partial charge is 0.715 e. The molecule has 0 aliphatic carbocycles. The third kappa shape index (κ3) is 1.03. The Labute approximate surface area is 71.1 Å². The van der Waals surface area contributed by atoms with Crippen LogP contribution in [0, 0.1) is 5.21 Å². The van der Waals surface area contributed by atoms with Gasteiger partial charge in [-0.2, -0.15) is 0 Å². The van der Waals surface area contributed by atoms with Crippen LogP contribution in [0.1, 0.15) is 5.56 Å². The summed E-state index contributed by atoms with van der Waals surface area (Å²) in [5.41, 5.74) is 2.20. The standard InChI is InChI=1S/C9H10N2O/c1-10-7-11(12)6-8-4-2-3-5-9(8)10/h2-5,7H,6H2,1H3. The Hall–Kier alpha value is -1.51. The fraction of sp³-hybridized carbons (Fsp3) is 0.222. The molecule has 3 heteroatoms. The number of para-hydroxylation sites is 1. The average molecular weight is 162 g/mol. The van der Waals surface area contributed by atoms with Gasteiger partial charge in [0.25, 0.3) is 0 Å². The lowest BCUT2D eigenvalue weighted by atomic mass is 10.1. The molecule has 62 valence electrons. The summed E-state index contributed by atoms with van der Waals surface area (Å²) in [7, 11) is 1.88. The van der Waals surface area contributed by atoms with E-state index in [2.05, 4.69) is 0 Å². The Morgan fingerprint density at radius 3 is 3.00 bits per heavy atom. The van der Waals surface area contributed by atoms with Crippen molar-refractivity contribution in [2.45, 2.75) is 6.54 Å². The zero-order chi connectivity index (χ0) is 8.55. The van der Waals surface area contributed by atoms with Gasteiger partial charge in [-0.15, -0.1) is 0 Å². The zero-order valence-corrected chi connectivity index (χ0v) is 6.90. The Morgan fingerprint density at radius 1 is 1.42 bits per heavy atom. The molecule has 0 spiro atoms. The van der Waals surface area contributed by atoms with Crippen molar-refractivity contribution in [3.8, 4) is 0 Å². The van der Waals surface area contributed by atoms with Gasteiger partial charge >= 0.3 is 0 Å². The topological polar surface area (TPSA) is 29.3 Å². The van der Waals surface area contributed by atoms with Crippen molar-refractivity contribution in [2.24, 2.45) is 0 Å². The lowest BCUT2D eigenvalue weighted by molar-refractivity contribution is -0.472. The molecule has 0 fully saturated rings. The second kappa shape index (κ2) is 2.52. The molecule has 1 heterocycles. The molecule has 1 aromatic rings. The predicted molar refractivity (Wildman–Crippen MR) is 48.2 cm³/mol. The lowest BCUT2D eigenvalue weighted by Gasteiger charge is -2.21. The van der Waals surface area contributed by atoms with Crippen LogP contribution in [0.5, 0.6) is 0 Å². The van der Waals surface area contributed by atoms with Crippen LogP contribution in [0.3, 0.4) is 0 Å². The second-order valence-electron chi connectivity index (χ2n) is 2.93. The van der Waals surface area contributed by atoms with E-state index in [0.29, 0.717) is 6.54 Å². The predicted octanol–water partition coefficient (Wildman–Crippen LogP) is 1.18. The lowest BCUT2D eigenvalue weighted by Crippen LogP contribution is -2.27. The SMILES string of the molecule is CN1C=[N+]([O-])Cc2ccccc21. The third-order valence-corrected chi connectivity index (χ3v) is 2.00. The molecule has 2 rings (SSSR count). The Kier molecular flexibility index (Phi) is 1.50. The zero-order valence-electron chi connectivity index (χ0n) is 6.90. The molecule has 1 aliphatic heterocycles. The fourth-order valence-electron chi connectivity index (χ4n) is 1.45. The van der Waals surface area contributed by atoms with Crippen molar-refractivity contribution in [2.75, 3.05) is 11.9 Å². The van der Waals surface area contributed by atoms with Crippen LogP contribution in [0.2, 0.25) is 0 Å².